The van der Waals surface area contributed by atoms with E-state index in [1.54, 1.807) is 35.3 Å². The van der Waals surface area contributed by atoms with Gasteiger partial charge in [-0.2, -0.15) is 5.10 Å². The number of hydrogen-bond donors (Lipinski definition) is 3. The molecule has 10 nitrogen and oxygen atoms in total. The van der Waals surface area contributed by atoms with Crippen molar-refractivity contribution in [3.8, 4) is 0 Å². The topological polar surface area (TPSA) is 135 Å². The molecule has 3 N–H and O–H groups in total. The molecule has 2 heterocycles. The van der Waals surface area contributed by atoms with Gasteiger partial charge in [-0.05, 0) is 11.6 Å². The Balaban J connectivity index is 0.000000817. The van der Waals surface area contributed by atoms with E-state index in [9.17, 15) is 9.59 Å². The first-order chi connectivity index (χ1) is 13.1. The summed E-state index contributed by atoms with van der Waals surface area (Å²) in [4.78, 5) is 36.3. The molecule has 3 rings (SSSR count). The lowest BCUT2D eigenvalue weighted by Crippen LogP contribution is -2.52. The number of carboxylic acid groups (broad SMARTS) is 1. The molecule has 0 unspecified atom stereocenters. The predicted octanol–water partition coefficient (Wildman–Crippen LogP) is 0.00480. The first-order valence-electron chi connectivity index (χ1n) is 7.90. The minimum atomic E-state index is -0.849. The lowest BCUT2D eigenvalue weighted by Gasteiger charge is -2.32. The second-order valence-corrected chi connectivity index (χ2v) is 5.76. The molecule has 11 heteroatoms. The maximum absolute atomic E-state index is 12.5. The second kappa shape index (κ2) is 10.2. The molecule has 0 radical (unpaired) electrons. The standard InChI is InChI=1S/C15H16ClN5O3.CH2O2/c16-11-4-2-1-3-10(11)13-14(24-7-12(22)20-13)15(23)18-5-6-21-9-17-8-19-21;2-1-3/h1-4,8-9,13-14H,5-7H2,(H,18,23)(H,20,22);1H,(H,2,3)/t13-,14+;/m1./s1. The first-order valence-corrected chi connectivity index (χ1v) is 8.28. The maximum Gasteiger partial charge on any atom is 0.290 e. The molecular formula is C16H18ClN5O5. The maximum atomic E-state index is 12.5. The number of carbonyl (C=O) groups is 3. The lowest BCUT2D eigenvalue weighted by molar-refractivity contribution is -0.148. The predicted molar refractivity (Wildman–Crippen MR) is 93.8 cm³/mol. The van der Waals surface area contributed by atoms with Crippen LogP contribution in [0.25, 0.3) is 0 Å². The van der Waals surface area contributed by atoms with Crippen molar-refractivity contribution in [2.75, 3.05) is 13.2 Å². The Labute approximate surface area is 159 Å². The quantitative estimate of drug-likeness (QED) is 0.606. The van der Waals surface area contributed by atoms with E-state index >= 15 is 0 Å². The molecule has 1 fully saturated rings. The smallest absolute Gasteiger partial charge is 0.290 e. The van der Waals surface area contributed by atoms with Crippen LogP contribution < -0.4 is 10.6 Å². The van der Waals surface area contributed by atoms with Crippen LogP contribution in [-0.4, -0.2) is 57.4 Å². The summed E-state index contributed by atoms with van der Waals surface area (Å²) in [7, 11) is 0. The van der Waals surface area contributed by atoms with E-state index in [1.807, 2.05) is 0 Å². The van der Waals surface area contributed by atoms with Gasteiger partial charge in [0.1, 0.15) is 19.3 Å². The summed E-state index contributed by atoms with van der Waals surface area (Å²) >= 11 is 6.19. The Bertz CT molecular complexity index is 770. The number of nitrogens with zero attached hydrogens (tertiary/aromatic N) is 3. The Morgan fingerprint density at radius 1 is 1.48 bits per heavy atom. The van der Waals surface area contributed by atoms with Gasteiger partial charge in [-0.3, -0.25) is 19.1 Å². The minimum absolute atomic E-state index is 0.165. The molecule has 1 aromatic carbocycles. The van der Waals surface area contributed by atoms with Crippen molar-refractivity contribution < 1.29 is 24.2 Å². The zero-order valence-electron chi connectivity index (χ0n) is 14.1. The van der Waals surface area contributed by atoms with Crippen LogP contribution in [0, 0.1) is 0 Å². The summed E-state index contributed by atoms with van der Waals surface area (Å²) < 4.78 is 7.05. The molecule has 1 aliphatic rings. The largest absolute Gasteiger partial charge is 0.483 e. The molecule has 1 saturated heterocycles. The van der Waals surface area contributed by atoms with Gasteiger partial charge in [-0.25, -0.2) is 4.98 Å². The van der Waals surface area contributed by atoms with Crippen LogP contribution in [0.1, 0.15) is 11.6 Å². The fourth-order valence-electron chi connectivity index (χ4n) is 2.49. The van der Waals surface area contributed by atoms with Gasteiger partial charge in [0, 0.05) is 11.6 Å². The van der Waals surface area contributed by atoms with Gasteiger partial charge in [-0.15, -0.1) is 0 Å². The summed E-state index contributed by atoms with van der Waals surface area (Å²) in [6.07, 6.45) is 2.14. The number of carbonyl (C=O) groups excluding carboxylic acids is 2. The van der Waals surface area contributed by atoms with Crippen LogP contribution in [0.5, 0.6) is 0 Å². The molecule has 2 aromatic rings. The third-order valence-electron chi connectivity index (χ3n) is 3.62. The molecule has 1 aliphatic heterocycles. The summed E-state index contributed by atoms with van der Waals surface area (Å²) in [5.41, 5.74) is 0.642. The third-order valence-corrected chi connectivity index (χ3v) is 3.96. The van der Waals surface area contributed by atoms with Gasteiger partial charge >= 0.3 is 0 Å². The van der Waals surface area contributed by atoms with E-state index in [-0.39, 0.29) is 24.9 Å². The van der Waals surface area contributed by atoms with E-state index in [2.05, 4.69) is 20.7 Å². The molecule has 0 aliphatic carbocycles. The van der Waals surface area contributed by atoms with Crippen molar-refractivity contribution in [2.24, 2.45) is 0 Å². The normalized spacial score (nSPS) is 18.6. The van der Waals surface area contributed by atoms with Crippen LogP contribution in [-0.2, 0) is 25.7 Å². The molecule has 144 valence electrons. The van der Waals surface area contributed by atoms with E-state index < -0.39 is 12.1 Å². The van der Waals surface area contributed by atoms with Crippen LogP contribution >= 0.6 is 11.6 Å². The SMILES string of the molecule is O=C1CO[C@H](C(=O)NCCn2cncn2)[C@@H](c2ccccc2Cl)N1.O=CO. The molecule has 2 amide bonds. The van der Waals surface area contributed by atoms with Gasteiger partial charge in [0.2, 0.25) is 5.91 Å². The van der Waals surface area contributed by atoms with Gasteiger partial charge < -0.3 is 20.5 Å². The van der Waals surface area contributed by atoms with Gasteiger partial charge in [0.25, 0.3) is 12.4 Å². The first kappa shape index (κ1) is 20.3. The summed E-state index contributed by atoms with van der Waals surface area (Å²) in [6.45, 7) is 0.439. The number of halogens is 1. The number of benzene rings is 1. The van der Waals surface area contributed by atoms with Crippen molar-refractivity contribution >= 4 is 29.9 Å². The van der Waals surface area contributed by atoms with Gasteiger partial charge in [0.05, 0.1) is 12.6 Å². The van der Waals surface area contributed by atoms with Crippen LogP contribution in [0.3, 0.4) is 0 Å². The molecule has 1 aromatic heterocycles. The lowest BCUT2D eigenvalue weighted by atomic mass is 9.99. The van der Waals surface area contributed by atoms with Gasteiger partial charge in [0.15, 0.2) is 6.10 Å². The average molecular weight is 396 g/mol. The summed E-state index contributed by atoms with van der Waals surface area (Å²) in [5.74, 6) is -0.605. The number of ether oxygens (including phenoxy) is 1. The highest BCUT2D eigenvalue weighted by atomic mass is 35.5. The number of rotatable bonds is 5. The Hall–Kier alpha value is -2.98. The zero-order valence-corrected chi connectivity index (χ0v) is 14.9. The number of morpholine rings is 1. The van der Waals surface area contributed by atoms with Gasteiger partial charge in [-0.1, -0.05) is 29.8 Å². The molecule has 0 spiro atoms. The zero-order chi connectivity index (χ0) is 19.6. The van der Waals surface area contributed by atoms with E-state index in [4.69, 9.17) is 26.2 Å². The van der Waals surface area contributed by atoms with Crippen molar-refractivity contribution in [2.45, 2.75) is 18.7 Å². The second-order valence-electron chi connectivity index (χ2n) is 5.35. The van der Waals surface area contributed by atoms with Crippen molar-refractivity contribution in [3.05, 3.63) is 47.5 Å². The van der Waals surface area contributed by atoms with E-state index in [0.29, 0.717) is 23.7 Å². The number of hydrogen-bond acceptors (Lipinski definition) is 6. The fraction of sp³-hybridized carbons (Fsp3) is 0.312. The summed E-state index contributed by atoms with van der Waals surface area (Å²) in [6, 6.07) is 6.41. The number of nitrogens with one attached hydrogen (secondary N) is 2. The average Bonchev–Trinajstić information content (AvgIpc) is 3.16. The highest BCUT2D eigenvalue weighted by Crippen LogP contribution is 2.28. The summed E-state index contributed by atoms with van der Waals surface area (Å²) in [5, 5.41) is 16.9. The Morgan fingerprint density at radius 3 is 2.89 bits per heavy atom. The third kappa shape index (κ3) is 5.76. The van der Waals surface area contributed by atoms with Crippen molar-refractivity contribution in [1.29, 1.82) is 0 Å². The van der Waals surface area contributed by atoms with Crippen LogP contribution in [0.4, 0.5) is 0 Å². The molecule has 2 atom stereocenters. The Kier molecular flexibility index (Phi) is 7.71. The highest BCUT2D eigenvalue weighted by molar-refractivity contribution is 6.31. The van der Waals surface area contributed by atoms with Crippen molar-refractivity contribution in [1.82, 2.24) is 25.4 Å². The number of aromatic nitrogens is 3. The van der Waals surface area contributed by atoms with Crippen LogP contribution in [0.15, 0.2) is 36.9 Å². The molecule has 27 heavy (non-hydrogen) atoms. The highest BCUT2D eigenvalue weighted by Gasteiger charge is 2.36. The molecule has 0 saturated carbocycles. The number of amides is 2. The monoisotopic (exact) mass is 395 g/mol. The van der Waals surface area contributed by atoms with Crippen LogP contribution in [0.2, 0.25) is 5.02 Å². The Morgan fingerprint density at radius 2 is 2.22 bits per heavy atom. The van der Waals surface area contributed by atoms with E-state index in [0.717, 1.165) is 0 Å². The van der Waals surface area contributed by atoms with E-state index in [1.165, 1.54) is 6.33 Å². The minimum Gasteiger partial charge on any atom is -0.483 e. The van der Waals surface area contributed by atoms with Crippen molar-refractivity contribution in [3.63, 3.8) is 0 Å². The molecular weight excluding hydrogens is 378 g/mol. The fourth-order valence-corrected chi connectivity index (χ4v) is 2.74. The molecule has 0 bridgehead atoms.